The summed E-state index contributed by atoms with van der Waals surface area (Å²) >= 11 is 0. The smallest absolute Gasteiger partial charge is 0.251 e. The lowest BCUT2D eigenvalue weighted by atomic mass is 10.0. The van der Waals surface area contributed by atoms with Gasteiger partial charge in [-0.1, -0.05) is 12.1 Å². The van der Waals surface area contributed by atoms with Crippen molar-refractivity contribution in [2.75, 3.05) is 44.7 Å². The number of nitrogens with one attached hydrogen (secondary N) is 2. The zero-order valence-electron chi connectivity index (χ0n) is 22.5. The predicted octanol–water partition coefficient (Wildman–Crippen LogP) is 4.66. The van der Waals surface area contributed by atoms with Gasteiger partial charge in [0, 0.05) is 48.9 Å². The fourth-order valence-corrected chi connectivity index (χ4v) is 4.89. The number of amides is 1. The highest BCUT2D eigenvalue weighted by molar-refractivity contribution is 5.96. The third-order valence-electron chi connectivity index (χ3n) is 7.21. The molecule has 0 spiro atoms. The SMILES string of the molecule is Cc1cc(-c2cnc3c(NCCCN4CCOCC4)cc(Oc4cccc(F)c4)nn23)ccc1C(=O)NC1CC1. The first kappa shape index (κ1) is 26.2. The molecule has 1 aliphatic heterocycles. The van der Waals surface area contributed by atoms with E-state index in [2.05, 4.69) is 20.5 Å². The first-order chi connectivity index (χ1) is 19.5. The van der Waals surface area contributed by atoms with Crippen LogP contribution < -0.4 is 15.4 Å². The number of aromatic nitrogens is 3. The largest absolute Gasteiger partial charge is 0.437 e. The summed E-state index contributed by atoms with van der Waals surface area (Å²) in [4.78, 5) is 19.7. The van der Waals surface area contributed by atoms with Gasteiger partial charge in [-0.05, 0) is 62.6 Å². The first-order valence-corrected chi connectivity index (χ1v) is 13.8. The number of hydrogen-bond donors (Lipinski definition) is 2. The second kappa shape index (κ2) is 11.6. The molecule has 1 saturated heterocycles. The average molecular weight is 545 g/mol. The number of aryl methyl sites for hydroxylation is 1. The van der Waals surface area contributed by atoms with Crippen molar-refractivity contribution in [2.45, 2.75) is 32.2 Å². The van der Waals surface area contributed by atoms with Crippen LogP contribution in [0.5, 0.6) is 11.6 Å². The zero-order chi connectivity index (χ0) is 27.5. The number of carbonyl (C=O) groups is 1. The monoisotopic (exact) mass is 544 g/mol. The van der Waals surface area contributed by atoms with Gasteiger partial charge < -0.3 is 20.1 Å². The highest BCUT2D eigenvalue weighted by atomic mass is 19.1. The zero-order valence-corrected chi connectivity index (χ0v) is 22.5. The van der Waals surface area contributed by atoms with E-state index in [-0.39, 0.29) is 11.7 Å². The van der Waals surface area contributed by atoms with E-state index in [1.54, 1.807) is 28.9 Å². The van der Waals surface area contributed by atoms with Crippen LogP contribution in [0, 0.1) is 12.7 Å². The Hall–Kier alpha value is -4.02. The molecule has 2 N–H and O–H groups in total. The van der Waals surface area contributed by atoms with Crippen molar-refractivity contribution in [1.82, 2.24) is 24.8 Å². The number of nitrogens with zero attached hydrogens (tertiary/aromatic N) is 4. The average Bonchev–Trinajstić information content (AvgIpc) is 3.66. The summed E-state index contributed by atoms with van der Waals surface area (Å²) in [5.41, 5.74) is 4.59. The molecule has 2 aromatic carbocycles. The minimum absolute atomic E-state index is 0.0443. The van der Waals surface area contributed by atoms with E-state index in [0.29, 0.717) is 28.9 Å². The van der Waals surface area contributed by atoms with Crippen LogP contribution in [0.3, 0.4) is 0 Å². The Bertz CT molecular complexity index is 1510. The fourth-order valence-electron chi connectivity index (χ4n) is 4.89. The van der Waals surface area contributed by atoms with Gasteiger partial charge in [0.25, 0.3) is 5.91 Å². The Morgan fingerprint density at radius 3 is 2.77 bits per heavy atom. The van der Waals surface area contributed by atoms with Crippen LogP contribution in [0.25, 0.3) is 16.9 Å². The summed E-state index contributed by atoms with van der Waals surface area (Å²) in [6, 6.07) is 13.8. The van der Waals surface area contributed by atoms with Crippen molar-refractivity contribution in [1.29, 1.82) is 0 Å². The molecule has 208 valence electrons. The second-order valence-corrected chi connectivity index (χ2v) is 10.3. The molecule has 10 heteroatoms. The van der Waals surface area contributed by atoms with Gasteiger partial charge in [0.15, 0.2) is 5.65 Å². The lowest BCUT2D eigenvalue weighted by Gasteiger charge is -2.26. The van der Waals surface area contributed by atoms with Crippen LogP contribution >= 0.6 is 0 Å². The molecule has 0 atom stereocenters. The summed E-state index contributed by atoms with van der Waals surface area (Å²) in [6.45, 7) is 7.11. The van der Waals surface area contributed by atoms with E-state index < -0.39 is 0 Å². The standard InChI is InChI=1S/C30H33FN6O3/c1-20-16-21(6-9-25(20)30(38)34-23-7-8-23)27-19-33-29-26(32-10-3-11-36-12-14-39-15-13-36)18-28(35-37(27)29)40-24-5-2-4-22(31)17-24/h2,4-6,9,16-19,23,32H,3,7-8,10-15H2,1H3,(H,34,38). The Kier molecular flexibility index (Phi) is 7.61. The van der Waals surface area contributed by atoms with Gasteiger partial charge in [0.05, 0.1) is 30.8 Å². The Labute approximate surface area is 232 Å². The maximum atomic E-state index is 13.8. The van der Waals surface area contributed by atoms with Gasteiger partial charge >= 0.3 is 0 Å². The molecule has 4 aromatic rings. The molecule has 40 heavy (non-hydrogen) atoms. The van der Waals surface area contributed by atoms with E-state index in [0.717, 1.165) is 81.2 Å². The van der Waals surface area contributed by atoms with Crippen LogP contribution in [0.4, 0.5) is 10.1 Å². The summed E-state index contributed by atoms with van der Waals surface area (Å²) in [5.74, 6) is 0.237. The van der Waals surface area contributed by atoms with Crippen LogP contribution in [-0.2, 0) is 4.74 Å². The number of carbonyl (C=O) groups excluding carboxylic acids is 1. The van der Waals surface area contributed by atoms with E-state index in [1.807, 2.05) is 25.1 Å². The third kappa shape index (κ3) is 6.08. The summed E-state index contributed by atoms with van der Waals surface area (Å²) in [5, 5.41) is 11.3. The number of morpholine rings is 1. The van der Waals surface area contributed by atoms with Crippen LogP contribution in [-0.4, -0.2) is 70.8 Å². The molecule has 1 amide bonds. The molecular weight excluding hydrogens is 511 g/mol. The number of ether oxygens (including phenoxy) is 2. The number of imidazole rings is 1. The predicted molar refractivity (Wildman–Crippen MR) is 150 cm³/mol. The molecule has 0 bridgehead atoms. The minimum Gasteiger partial charge on any atom is -0.437 e. The number of anilines is 1. The molecular formula is C30H33FN6O3. The third-order valence-corrected chi connectivity index (χ3v) is 7.21. The number of rotatable bonds is 10. The normalized spacial score (nSPS) is 15.8. The summed E-state index contributed by atoms with van der Waals surface area (Å²) < 4.78 is 27.0. The fraction of sp³-hybridized carbons (Fsp3) is 0.367. The molecule has 1 aliphatic carbocycles. The maximum absolute atomic E-state index is 13.8. The Morgan fingerprint density at radius 2 is 2.00 bits per heavy atom. The van der Waals surface area contributed by atoms with Crippen LogP contribution in [0.15, 0.2) is 54.7 Å². The lowest BCUT2D eigenvalue weighted by Crippen LogP contribution is -2.37. The van der Waals surface area contributed by atoms with Gasteiger partial charge in [0.2, 0.25) is 5.88 Å². The molecule has 0 radical (unpaired) electrons. The van der Waals surface area contributed by atoms with Gasteiger partial charge in [0.1, 0.15) is 11.6 Å². The Morgan fingerprint density at radius 1 is 1.15 bits per heavy atom. The number of fused-ring (bicyclic) bond motifs is 1. The molecule has 2 aromatic heterocycles. The molecule has 0 unspecified atom stereocenters. The van der Waals surface area contributed by atoms with E-state index in [9.17, 15) is 9.18 Å². The van der Waals surface area contributed by atoms with Crippen molar-refractivity contribution in [3.05, 3.63) is 71.7 Å². The van der Waals surface area contributed by atoms with E-state index in [4.69, 9.17) is 14.6 Å². The molecule has 3 heterocycles. The van der Waals surface area contributed by atoms with Crippen molar-refractivity contribution in [2.24, 2.45) is 0 Å². The maximum Gasteiger partial charge on any atom is 0.251 e. The highest BCUT2D eigenvalue weighted by Crippen LogP contribution is 2.30. The van der Waals surface area contributed by atoms with Crippen LogP contribution in [0.2, 0.25) is 0 Å². The van der Waals surface area contributed by atoms with Crippen molar-refractivity contribution >= 4 is 17.2 Å². The first-order valence-electron chi connectivity index (χ1n) is 13.8. The van der Waals surface area contributed by atoms with Gasteiger partial charge in [-0.3, -0.25) is 9.69 Å². The van der Waals surface area contributed by atoms with Crippen LogP contribution in [0.1, 0.15) is 35.2 Å². The van der Waals surface area contributed by atoms with Crippen molar-refractivity contribution in [3.63, 3.8) is 0 Å². The van der Waals surface area contributed by atoms with Crippen molar-refractivity contribution in [3.8, 4) is 22.9 Å². The van der Waals surface area contributed by atoms with Gasteiger partial charge in [-0.2, -0.15) is 0 Å². The summed E-state index contributed by atoms with van der Waals surface area (Å²) in [6.07, 6.45) is 4.80. The van der Waals surface area contributed by atoms with Gasteiger partial charge in [-0.25, -0.2) is 13.9 Å². The quantitative estimate of drug-likeness (QED) is 0.281. The number of benzene rings is 2. The molecule has 1 saturated carbocycles. The van der Waals surface area contributed by atoms with E-state index in [1.165, 1.54) is 12.1 Å². The Balaban J connectivity index is 1.28. The summed E-state index contributed by atoms with van der Waals surface area (Å²) in [7, 11) is 0. The van der Waals surface area contributed by atoms with Crippen molar-refractivity contribution < 1.29 is 18.7 Å². The highest BCUT2D eigenvalue weighted by Gasteiger charge is 2.24. The second-order valence-electron chi connectivity index (χ2n) is 10.3. The molecule has 9 nitrogen and oxygen atoms in total. The molecule has 6 rings (SSSR count). The molecule has 2 fully saturated rings. The topological polar surface area (TPSA) is 93.0 Å². The molecule has 2 aliphatic rings. The van der Waals surface area contributed by atoms with Gasteiger partial charge in [-0.15, -0.1) is 5.10 Å². The van der Waals surface area contributed by atoms with E-state index >= 15 is 0 Å². The number of halogens is 1. The lowest BCUT2D eigenvalue weighted by molar-refractivity contribution is 0.0378. The minimum atomic E-state index is -0.385. The number of hydrogen-bond acceptors (Lipinski definition) is 7.